The molecule has 2 aromatic rings. The Morgan fingerprint density at radius 2 is 2.11 bits per heavy atom. The molecule has 0 atom stereocenters. The van der Waals surface area contributed by atoms with E-state index in [1.165, 1.54) is 18.1 Å². The normalized spacial score (nSPS) is 10.1. The molecule has 0 aliphatic carbocycles. The number of nitrogens with zero attached hydrogens (tertiary/aromatic N) is 3. The number of hydrogen-bond donors (Lipinski definition) is 1. The first kappa shape index (κ1) is 12.9. The number of nitrogens with one attached hydrogen (secondary N) is 1. The first-order chi connectivity index (χ1) is 9.13. The zero-order valence-electron chi connectivity index (χ0n) is 10.9. The molecule has 2 rings (SSSR count). The van der Waals surface area contributed by atoms with Gasteiger partial charge in [0.05, 0.1) is 26.1 Å². The van der Waals surface area contributed by atoms with Gasteiger partial charge in [0.15, 0.2) is 5.69 Å². The Morgan fingerprint density at radius 1 is 1.32 bits per heavy atom. The molecular weight excluding hydrogens is 248 g/mol. The van der Waals surface area contributed by atoms with Gasteiger partial charge in [-0.3, -0.25) is 4.79 Å². The molecule has 0 saturated heterocycles. The summed E-state index contributed by atoms with van der Waals surface area (Å²) in [5, 5.41) is 10.5. The number of ether oxygens (including phenoxy) is 2. The number of aromatic nitrogens is 3. The maximum atomic E-state index is 12.0. The van der Waals surface area contributed by atoms with Crippen molar-refractivity contribution in [2.45, 2.75) is 0 Å². The quantitative estimate of drug-likeness (QED) is 0.892. The SMILES string of the molecule is COc1ccc(OC)c(NC(=O)c2cnn(C)n2)c1. The van der Waals surface area contributed by atoms with E-state index in [0.717, 1.165) is 0 Å². The third-order valence-corrected chi connectivity index (χ3v) is 2.49. The maximum absolute atomic E-state index is 12.0. The second-order valence-corrected chi connectivity index (χ2v) is 3.74. The summed E-state index contributed by atoms with van der Waals surface area (Å²) in [5.74, 6) is 0.799. The van der Waals surface area contributed by atoms with Crippen LogP contribution in [0.1, 0.15) is 10.5 Å². The summed E-state index contributed by atoms with van der Waals surface area (Å²) in [4.78, 5) is 13.3. The van der Waals surface area contributed by atoms with Gasteiger partial charge in [0.25, 0.3) is 5.91 Å². The Labute approximate surface area is 110 Å². The molecule has 19 heavy (non-hydrogen) atoms. The number of amides is 1. The van der Waals surface area contributed by atoms with Gasteiger partial charge in [0, 0.05) is 13.1 Å². The summed E-state index contributed by atoms with van der Waals surface area (Å²) in [6.07, 6.45) is 1.39. The molecule has 0 aliphatic rings. The van der Waals surface area contributed by atoms with E-state index in [9.17, 15) is 4.79 Å². The Morgan fingerprint density at radius 3 is 2.68 bits per heavy atom. The summed E-state index contributed by atoms with van der Waals surface area (Å²) in [6, 6.07) is 5.13. The summed E-state index contributed by atoms with van der Waals surface area (Å²) >= 11 is 0. The Hall–Kier alpha value is -2.57. The number of benzene rings is 1. The number of hydrogen-bond acceptors (Lipinski definition) is 5. The number of aryl methyl sites for hydroxylation is 1. The van der Waals surface area contributed by atoms with Crippen LogP contribution in [-0.2, 0) is 7.05 Å². The highest BCUT2D eigenvalue weighted by Gasteiger charge is 2.13. The van der Waals surface area contributed by atoms with E-state index >= 15 is 0 Å². The van der Waals surface area contributed by atoms with Crippen molar-refractivity contribution in [1.29, 1.82) is 0 Å². The van der Waals surface area contributed by atoms with Crippen LogP contribution in [0.15, 0.2) is 24.4 Å². The predicted molar refractivity (Wildman–Crippen MR) is 68.5 cm³/mol. The minimum absolute atomic E-state index is 0.229. The molecular formula is C12H14N4O3. The van der Waals surface area contributed by atoms with Crippen molar-refractivity contribution < 1.29 is 14.3 Å². The van der Waals surface area contributed by atoms with Crippen LogP contribution in [0, 0.1) is 0 Å². The highest BCUT2D eigenvalue weighted by atomic mass is 16.5. The fraction of sp³-hybridized carbons (Fsp3) is 0.250. The highest BCUT2D eigenvalue weighted by molar-refractivity contribution is 6.03. The van der Waals surface area contributed by atoms with E-state index in [4.69, 9.17) is 9.47 Å². The molecule has 1 N–H and O–H groups in total. The van der Waals surface area contributed by atoms with E-state index in [2.05, 4.69) is 15.5 Å². The lowest BCUT2D eigenvalue weighted by Crippen LogP contribution is -2.13. The molecule has 0 spiro atoms. The number of methoxy groups -OCH3 is 2. The summed E-state index contributed by atoms with van der Waals surface area (Å²) < 4.78 is 10.3. The number of rotatable bonds is 4. The second kappa shape index (κ2) is 5.38. The van der Waals surface area contributed by atoms with Gasteiger partial charge >= 0.3 is 0 Å². The molecule has 0 aliphatic heterocycles. The van der Waals surface area contributed by atoms with Gasteiger partial charge < -0.3 is 14.8 Å². The molecule has 0 fully saturated rings. The minimum atomic E-state index is -0.361. The van der Waals surface area contributed by atoms with Crippen LogP contribution in [0.5, 0.6) is 11.5 Å². The maximum Gasteiger partial charge on any atom is 0.277 e. The average molecular weight is 262 g/mol. The van der Waals surface area contributed by atoms with Gasteiger partial charge in [0.2, 0.25) is 0 Å². The van der Waals surface area contributed by atoms with Crippen LogP contribution in [-0.4, -0.2) is 35.1 Å². The molecule has 0 bridgehead atoms. The number of carbonyl (C=O) groups is 1. The largest absolute Gasteiger partial charge is 0.497 e. The zero-order valence-corrected chi connectivity index (χ0v) is 10.9. The third-order valence-electron chi connectivity index (χ3n) is 2.49. The predicted octanol–water partition coefficient (Wildman–Crippen LogP) is 1.08. The summed E-state index contributed by atoms with van der Waals surface area (Å²) in [5.41, 5.74) is 0.741. The fourth-order valence-electron chi connectivity index (χ4n) is 1.55. The molecule has 1 aromatic heterocycles. The topological polar surface area (TPSA) is 78.3 Å². The van der Waals surface area contributed by atoms with Crippen LogP contribution in [0.4, 0.5) is 5.69 Å². The first-order valence-corrected chi connectivity index (χ1v) is 5.53. The van der Waals surface area contributed by atoms with E-state index in [0.29, 0.717) is 17.2 Å². The monoisotopic (exact) mass is 262 g/mol. The fourth-order valence-corrected chi connectivity index (χ4v) is 1.55. The molecule has 1 amide bonds. The Bertz CT molecular complexity index is 594. The van der Waals surface area contributed by atoms with Gasteiger partial charge in [0.1, 0.15) is 11.5 Å². The van der Waals surface area contributed by atoms with Crippen molar-refractivity contribution in [2.24, 2.45) is 7.05 Å². The van der Waals surface area contributed by atoms with Crippen LogP contribution >= 0.6 is 0 Å². The third kappa shape index (κ3) is 2.82. The lowest BCUT2D eigenvalue weighted by atomic mass is 10.2. The van der Waals surface area contributed by atoms with Gasteiger partial charge in [-0.15, -0.1) is 5.10 Å². The Balaban J connectivity index is 2.24. The molecule has 0 radical (unpaired) electrons. The smallest absolute Gasteiger partial charge is 0.277 e. The van der Waals surface area contributed by atoms with Crippen molar-refractivity contribution in [3.8, 4) is 11.5 Å². The van der Waals surface area contributed by atoms with Gasteiger partial charge in [-0.25, -0.2) is 0 Å². The Kier molecular flexibility index (Phi) is 3.65. The van der Waals surface area contributed by atoms with Crippen molar-refractivity contribution in [2.75, 3.05) is 19.5 Å². The molecule has 7 nitrogen and oxygen atoms in total. The zero-order chi connectivity index (χ0) is 13.8. The van der Waals surface area contributed by atoms with Crippen molar-refractivity contribution >= 4 is 11.6 Å². The molecule has 7 heteroatoms. The highest BCUT2D eigenvalue weighted by Crippen LogP contribution is 2.29. The van der Waals surface area contributed by atoms with Gasteiger partial charge in [-0.2, -0.15) is 9.90 Å². The van der Waals surface area contributed by atoms with Crippen molar-refractivity contribution in [3.63, 3.8) is 0 Å². The van der Waals surface area contributed by atoms with Crippen LogP contribution < -0.4 is 14.8 Å². The molecule has 1 aromatic carbocycles. The van der Waals surface area contributed by atoms with Crippen LogP contribution in [0.25, 0.3) is 0 Å². The van der Waals surface area contributed by atoms with E-state index in [1.54, 1.807) is 32.4 Å². The van der Waals surface area contributed by atoms with Crippen LogP contribution in [0.3, 0.4) is 0 Å². The summed E-state index contributed by atoms with van der Waals surface area (Å²) in [6.45, 7) is 0. The van der Waals surface area contributed by atoms with Crippen molar-refractivity contribution in [1.82, 2.24) is 15.0 Å². The van der Waals surface area contributed by atoms with Gasteiger partial charge in [-0.1, -0.05) is 0 Å². The number of anilines is 1. The molecule has 0 saturated carbocycles. The lowest BCUT2D eigenvalue weighted by Gasteiger charge is -2.10. The second-order valence-electron chi connectivity index (χ2n) is 3.74. The van der Waals surface area contributed by atoms with Crippen molar-refractivity contribution in [3.05, 3.63) is 30.1 Å². The van der Waals surface area contributed by atoms with E-state index in [-0.39, 0.29) is 11.6 Å². The van der Waals surface area contributed by atoms with E-state index < -0.39 is 0 Å². The molecule has 1 heterocycles. The lowest BCUT2D eigenvalue weighted by molar-refractivity contribution is 0.102. The van der Waals surface area contributed by atoms with Crippen LogP contribution in [0.2, 0.25) is 0 Å². The number of carbonyl (C=O) groups excluding carboxylic acids is 1. The molecule has 100 valence electrons. The first-order valence-electron chi connectivity index (χ1n) is 5.53. The average Bonchev–Trinajstić information content (AvgIpc) is 2.85. The molecule has 0 unspecified atom stereocenters. The van der Waals surface area contributed by atoms with E-state index in [1.807, 2.05) is 0 Å². The minimum Gasteiger partial charge on any atom is -0.497 e. The summed E-state index contributed by atoms with van der Waals surface area (Å²) in [7, 11) is 4.72. The van der Waals surface area contributed by atoms with Gasteiger partial charge in [-0.05, 0) is 12.1 Å². The standard InChI is InChI=1S/C12H14N4O3/c1-16-13-7-10(15-16)12(17)14-9-6-8(18-2)4-5-11(9)19-3/h4-7H,1-3H3,(H,14,17).